The van der Waals surface area contributed by atoms with Crippen molar-refractivity contribution >= 4 is 39.3 Å². The van der Waals surface area contributed by atoms with Gasteiger partial charge in [0.25, 0.3) is 0 Å². The molecule has 0 radical (unpaired) electrons. The van der Waals surface area contributed by atoms with E-state index in [1.807, 2.05) is 6.26 Å². The molecular formula is C12H16N4S2. The third-order valence-electron chi connectivity index (χ3n) is 3.68. The van der Waals surface area contributed by atoms with Crippen LogP contribution in [-0.2, 0) is 0 Å². The van der Waals surface area contributed by atoms with Gasteiger partial charge in [-0.1, -0.05) is 18.7 Å². The summed E-state index contributed by atoms with van der Waals surface area (Å²) in [6, 6.07) is 0. The first kappa shape index (κ1) is 12.2. The quantitative estimate of drug-likeness (QED) is 0.851. The molecule has 0 bridgehead atoms. The molecule has 0 aliphatic heterocycles. The van der Waals surface area contributed by atoms with Crippen molar-refractivity contribution in [3.8, 4) is 0 Å². The molecule has 0 aromatic carbocycles. The lowest BCUT2D eigenvalue weighted by molar-refractivity contribution is 0.521. The normalized spacial score (nSPS) is 17.0. The van der Waals surface area contributed by atoms with Crippen LogP contribution >= 0.6 is 23.1 Å². The topological polar surface area (TPSA) is 50.7 Å². The molecule has 0 spiro atoms. The molecule has 2 heterocycles. The molecular weight excluding hydrogens is 264 g/mol. The summed E-state index contributed by atoms with van der Waals surface area (Å²) in [7, 11) is 0. The Labute approximate surface area is 115 Å². The number of hydrogen-bond acceptors (Lipinski definition) is 6. The molecule has 1 saturated carbocycles. The molecule has 0 saturated heterocycles. The molecule has 18 heavy (non-hydrogen) atoms. The summed E-state index contributed by atoms with van der Waals surface area (Å²) in [5, 5.41) is 3.49. The number of fused-ring (bicyclic) bond motifs is 1. The van der Waals surface area contributed by atoms with E-state index in [4.69, 9.17) is 0 Å². The fourth-order valence-electron chi connectivity index (χ4n) is 2.05. The van der Waals surface area contributed by atoms with Gasteiger partial charge in [0.15, 0.2) is 9.99 Å². The average molecular weight is 280 g/mol. The van der Waals surface area contributed by atoms with E-state index in [0.717, 1.165) is 27.0 Å². The van der Waals surface area contributed by atoms with Gasteiger partial charge in [0, 0.05) is 6.54 Å². The Morgan fingerprint density at radius 3 is 2.94 bits per heavy atom. The highest BCUT2D eigenvalue weighted by molar-refractivity contribution is 8.00. The van der Waals surface area contributed by atoms with Crippen LogP contribution in [0.1, 0.15) is 26.2 Å². The van der Waals surface area contributed by atoms with Gasteiger partial charge in [-0.3, -0.25) is 0 Å². The Balaban J connectivity index is 1.84. The van der Waals surface area contributed by atoms with Gasteiger partial charge in [-0.05, 0) is 30.9 Å². The first-order valence-electron chi connectivity index (χ1n) is 6.16. The van der Waals surface area contributed by atoms with Crippen LogP contribution in [0.25, 0.3) is 10.3 Å². The second-order valence-corrected chi connectivity index (χ2v) is 6.82. The van der Waals surface area contributed by atoms with Crippen LogP contribution in [0.3, 0.4) is 0 Å². The summed E-state index contributed by atoms with van der Waals surface area (Å²) in [5.74, 6) is 0.942. The van der Waals surface area contributed by atoms with E-state index in [0.29, 0.717) is 5.41 Å². The number of aromatic nitrogens is 3. The summed E-state index contributed by atoms with van der Waals surface area (Å²) in [4.78, 5) is 13.0. The Morgan fingerprint density at radius 2 is 2.28 bits per heavy atom. The van der Waals surface area contributed by atoms with Crippen molar-refractivity contribution in [2.75, 3.05) is 18.1 Å². The van der Waals surface area contributed by atoms with Crippen LogP contribution in [0, 0.1) is 5.41 Å². The summed E-state index contributed by atoms with van der Waals surface area (Å²) in [6.07, 6.45) is 7.55. The van der Waals surface area contributed by atoms with Gasteiger partial charge in [0.1, 0.15) is 16.8 Å². The molecule has 2 aromatic rings. The summed E-state index contributed by atoms with van der Waals surface area (Å²) < 4.78 is 2.12. The lowest BCUT2D eigenvalue weighted by Crippen LogP contribution is -2.15. The van der Waals surface area contributed by atoms with Gasteiger partial charge in [-0.25, -0.2) is 15.0 Å². The summed E-state index contributed by atoms with van der Waals surface area (Å²) >= 11 is 3.32. The maximum Gasteiger partial charge on any atom is 0.176 e. The fraction of sp³-hybridized carbons (Fsp3) is 0.583. The van der Waals surface area contributed by atoms with E-state index in [1.54, 1.807) is 29.4 Å². The van der Waals surface area contributed by atoms with Crippen molar-refractivity contribution in [1.29, 1.82) is 0 Å². The molecule has 1 fully saturated rings. The lowest BCUT2D eigenvalue weighted by Gasteiger charge is -2.13. The highest BCUT2D eigenvalue weighted by atomic mass is 32.2. The minimum absolute atomic E-state index is 0.518. The number of anilines is 1. The molecule has 1 aliphatic rings. The number of nitrogens with one attached hydrogen (secondary N) is 1. The zero-order valence-electron chi connectivity index (χ0n) is 10.6. The van der Waals surface area contributed by atoms with Crippen molar-refractivity contribution in [3.05, 3.63) is 6.33 Å². The van der Waals surface area contributed by atoms with Gasteiger partial charge in [-0.15, -0.1) is 11.3 Å². The number of nitrogens with zero attached hydrogens (tertiary/aromatic N) is 3. The molecule has 1 N–H and O–H groups in total. The fourth-order valence-corrected chi connectivity index (χ4v) is 3.53. The Morgan fingerprint density at radius 1 is 1.44 bits per heavy atom. The molecule has 1 aliphatic carbocycles. The van der Waals surface area contributed by atoms with E-state index in [-0.39, 0.29) is 0 Å². The van der Waals surface area contributed by atoms with Gasteiger partial charge in [0.05, 0.1) is 0 Å². The van der Waals surface area contributed by atoms with Crippen LogP contribution in [0.5, 0.6) is 0 Å². The summed E-state index contributed by atoms with van der Waals surface area (Å²) in [5.41, 5.74) is 1.33. The van der Waals surface area contributed by atoms with E-state index in [2.05, 4.69) is 27.2 Å². The monoisotopic (exact) mass is 280 g/mol. The van der Waals surface area contributed by atoms with Crippen LogP contribution in [-0.4, -0.2) is 27.8 Å². The first-order valence-corrected chi connectivity index (χ1v) is 8.20. The number of hydrogen-bond donors (Lipinski definition) is 1. The number of rotatable bonds is 5. The zero-order valence-corrected chi connectivity index (χ0v) is 12.2. The average Bonchev–Trinajstić information content (AvgIpc) is 3.06. The Hall–Kier alpha value is -0.880. The molecule has 2 aromatic heterocycles. The van der Waals surface area contributed by atoms with E-state index in [1.165, 1.54) is 19.3 Å². The van der Waals surface area contributed by atoms with Crippen molar-refractivity contribution in [3.63, 3.8) is 0 Å². The third kappa shape index (κ3) is 2.19. The molecule has 4 nitrogen and oxygen atoms in total. The van der Waals surface area contributed by atoms with Crippen molar-refractivity contribution in [2.24, 2.45) is 5.41 Å². The minimum atomic E-state index is 0.518. The first-order chi connectivity index (χ1) is 8.76. The predicted octanol–water partition coefficient (Wildman–Crippen LogP) is 3.41. The maximum absolute atomic E-state index is 4.46. The lowest BCUT2D eigenvalue weighted by atomic mass is 10.0. The maximum atomic E-state index is 4.46. The molecule has 3 rings (SSSR count). The van der Waals surface area contributed by atoms with Crippen molar-refractivity contribution in [1.82, 2.24) is 15.0 Å². The van der Waals surface area contributed by atoms with Crippen LogP contribution in [0.2, 0.25) is 0 Å². The van der Waals surface area contributed by atoms with Crippen LogP contribution in [0.15, 0.2) is 10.7 Å². The molecule has 0 unspecified atom stereocenters. The highest BCUT2D eigenvalue weighted by Gasteiger charge is 2.40. The van der Waals surface area contributed by atoms with Crippen molar-refractivity contribution < 1.29 is 0 Å². The van der Waals surface area contributed by atoms with Crippen LogP contribution < -0.4 is 5.32 Å². The van der Waals surface area contributed by atoms with Gasteiger partial charge in [0.2, 0.25) is 0 Å². The minimum Gasteiger partial charge on any atom is -0.368 e. The standard InChI is InChI=1S/C12H16N4S2/c1-3-12(4-5-12)6-13-9-8-10(15-7-14-9)16-11(17-2)18-8/h7H,3-6H2,1-2H3,(H,13,14,15). The van der Waals surface area contributed by atoms with Gasteiger partial charge >= 0.3 is 0 Å². The predicted molar refractivity (Wildman–Crippen MR) is 77.4 cm³/mol. The number of thioether (sulfide) groups is 1. The smallest absolute Gasteiger partial charge is 0.176 e. The zero-order chi connectivity index (χ0) is 12.6. The van der Waals surface area contributed by atoms with Gasteiger partial charge < -0.3 is 5.32 Å². The van der Waals surface area contributed by atoms with E-state index < -0.39 is 0 Å². The summed E-state index contributed by atoms with van der Waals surface area (Å²) in [6.45, 7) is 3.28. The van der Waals surface area contributed by atoms with Crippen molar-refractivity contribution in [2.45, 2.75) is 30.5 Å². The molecule has 6 heteroatoms. The van der Waals surface area contributed by atoms with Gasteiger partial charge in [-0.2, -0.15) is 0 Å². The van der Waals surface area contributed by atoms with E-state index in [9.17, 15) is 0 Å². The molecule has 96 valence electrons. The second kappa shape index (κ2) is 4.66. The van der Waals surface area contributed by atoms with E-state index >= 15 is 0 Å². The molecule has 0 atom stereocenters. The largest absolute Gasteiger partial charge is 0.368 e. The second-order valence-electron chi connectivity index (χ2n) is 4.77. The Kier molecular flexibility index (Phi) is 3.15. The van der Waals surface area contributed by atoms with Crippen LogP contribution in [0.4, 0.5) is 5.82 Å². The SMILES string of the molecule is CCC1(CNc2ncnc3nc(SC)sc23)CC1. The Bertz CT molecular complexity index is 562. The third-order valence-corrected chi connectivity index (χ3v) is 5.72. The molecule has 0 amide bonds. The number of thiazole rings is 1. The highest BCUT2D eigenvalue weighted by Crippen LogP contribution is 2.48.